The summed E-state index contributed by atoms with van der Waals surface area (Å²) in [7, 11) is 0. The zero-order chi connectivity index (χ0) is 21.0. The van der Waals surface area contributed by atoms with Gasteiger partial charge in [-0.3, -0.25) is 14.2 Å². The molecule has 29 heavy (non-hydrogen) atoms. The van der Waals surface area contributed by atoms with E-state index in [1.807, 2.05) is 57.2 Å². The summed E-state index contributed by atoms with van der Waals surface area (Å²) in [6.07, 6.45) is 1.96. The molecular formula is C23H27N3O2S. The first kappa shape index (κ1) is 21.1. The first-order chi connectivity index (χ1) is 13.9. The van der Waals surface area contributed by atoms with Crippen LogP contribution in [0.5, 0.6) is 0 Å². The van der Waals surface area contributed by atoms with E-state index in [9.17, 15) is 9.59 Å². The van der Waals surface area contributed by atoms with Crippen LogP contribution in [0.2, 0.25) is 0 Å². The van der Waals surface area contributed by atoms with E-state index in [-0.39, 0.29) is 23.3 Å². The van der Waals surface area contributed by atoms with E-state index in [0.717, 1.165) is 29.7 Å². The molecular weight excluding hydrogens is 382 g/mol. The van der Waals surface area contributed by atoms with Crippen molar-refractivity contribution in [3.05, 3.63) is 63.9 Å². The Balaban J connectivity index is 2.01. The quantitative estimate of drug-likeness (QED) is 0.464. The Morgan fingerprint density at radius 3 is 2.69 bits per heavy atom. The van der Waals surface area contributed by atoms with Gasteiger partial charge >= 0.3 is 0 Å². The van der Waals surface area contributed by atoms with Crippen LogP contribution in [-0.4, -0.2) is 27.3 Å². The Labute approximate surface area is 175 Å². The van der Waals surface area contributed by atoms with Crippen molar-refractivity contribution in [2.45, 2.75) is 51.7 Å². The van der Waals surface area contributed by atoms with Gasteiger partial charge in [-0.15, -0.1) is 0 Å². The second-order valence-corrected chi connectivity index (χ2v) is 8.33. The SMILES string of the molecule is CCC[C@H](C)NC(=O)CSc1nc2ccccc2c(=O)n1-c1ccc(C)cc1C. The van der Waals surface area contributed by atoms with Crippen LogP contribution in [0.1, 0.15) is 37.8 Å². The lowest BCUT2D eigenvalue weighted by Crippen LogP contribution is -2.34. The first-order valence-electron chi connectivity index (χ1n) is 9.92. The van der Waals surface area contributed by atoms with Gasteiger partial charge in [0.1, 0.15) is 0 Å². The van der Waals surface area contributed by atoms with E-state index in [1.54, 1.807) is 10.6 Å². The van der Waals surface area contributed by atoms with Crippen LogP contribution < -0.4 is 10.9 Å². The number of amides is 1. The maximum Gasteiger partial charge on any atom is 0.266 e. The number of rotatable bonds is 7. The fourth-order valence-corrected chi connectivity index (χ4v) is 4.25. The normalized spacial score (nSPS) is 12.1. The highest BCUT2D eigenvalue weighted by atomic mass is 32.2. The lowest BCUT2D eigenvalue weighted by atomic mass is 10.1. The summed E-state index contributed by atoms with van der Waals surface area (Å²) in [5.74, 6) is 0.162. The standard InChI is InChI=1S/C23H27N3O2S/c1-5-8-17(4)24-21(27)14-29-23-25-19-10-7-6-9-18(19)22(28)26(23)20-12-11-15(2)13-16(20)3/h6-7,9-13,17H,5,8,14H2,1-4H3,(H,24,27)/t17-/m0/s1. The molecule has 0 aliphatic rings. The highest BCUT2D eigenvalue weighted by molar-refractivity contribution is 7.99. The molecule has 0 bridgehead atoms. The van der Waals surface area contributed by atoms with Gasteiger partial charge < -0.3 is 5.32 Å². The van der Waals surface area contributed by atoms with Gasteiger partial charge in [0.25, 0.3) is 5.56 Å². The van der Waals surface area contributed by atoms with Crippen LogP contribution in [0.15, 0.2) is 52.4 Å². The van der Waals surface area contributed by atoms with Crippen LogP contribution in [0.3, 0.4) is 0 Å². The van der Waals surface area contributed by atoms with Gasteiger partial charge in [-0.1, -0.05) is 54.9 Å². The van der Waals surface area contributed by atoms with Crippen molar-refractivity contribution in [1.29, 1.82) is 0 Å². The van der Waals surface area contributed by atoms with E-state index in [2.05, 4.69) is 12.2 Å². The number of carbonyl (C=O) groups excluding carboxylic acids is 1. The van der Waals surface area contributed by atoms with Gasteiger partial charge in [-0.2, -0.15) is 0 Å². The highest BCUT2D eigenvalue weighted by Crippen LogP contribution is 2.23. The second kappa shape index (κ2) is 9.27. The first-order valence-corrected chi connectivity index (χ1v) is 10.9. The molecule has 0 fully saturated rings. The van der Waals surface area contributed by atoms with Gasteiger partial charge in [0.05, 0.1) is 22.3 Å². The van der Waals surface area contributed by atoms with Crippen LogP contribution in [-0.2, 0) is 4.79 Å². The molecule has 152 valence electrons. The van der Waals surface area contributed by atoms with Crippen molar-refractivity contribution in [2.24, 2.45) is 0 Å². The zero-order valence-electron chi connectivity index (χ0n) is 17.4. The molecule has 1 N–H and O–H groups in total. The number of thioether (sulfide) groups is 1. The molecule has 1 atom stereocenters. The number of para-hydroxylation sites is 1. The zero-order valence-corrected chi connectivity index (χ0v) is 18.2. The summed E-state index contributed by atoms with van der Waals surface area (Å²) < 4.78 is 1.63. The molecule has 1 aromatic heterocycles. The Morgan fingerprint density at radius 1 is 1.21 bits per heavy atom. The molecule has 5 nitrogen and oxygen atoms in total. The number of benzene rings is 2. The molecule has 0 radical (unpaired) electrons. The van der Waals surface area contributed by atoms with Gasteiger partial charge in [0.15, 0.2) is 5.16 Å². The molecule has 0 aliphatic carbocycles. The number of carbonyl (C=O) groups is 1. The van der Waals surface area contributed by atoms with Gasteiger partial charge in [-0.05, 0) is 51.0 Å². The molecule has 6 heteroatoms. The fourth-order valence-electron chi connectivity index (χ4n) is 3.43. The summed E-state index contributed by atoms with van der Waals surface area (Å²) in [5.41, 5.74) is 3.44. The van der Waals surface area contributed by atoms with Crippen molar-refractivity contribution < 1.29 is 4.79 Å². The van der Waals surface area contributed by atoms with Gasteiger partial charge in [0.2, 0.25) is 5.91 Å². The van der Waals surface area contributed by atoms with Crippen LogP contribution >= 0.6 is 11.8 Å². The minimum Gasteiger partial charge on any atom is -0.353 e. The Bertz CT molecular complexity index is 1090. The summed E-state index contributed by atoms with van der Waals surface area (Å²) in [6, 6.07) is 13.4. The molecule has 0 unspecified atom stereocenters. The number of hydrogen-bond acceptors (Lipinski definition) is 4. The molecule has 0 saturated carbocycles. The lowest BCUT2D eigenvalue weighted by molar-refractivity contribution is -0.119. The van der Waals surface area contributed by atoms with Crippen molar-refractivity contribution in [1.82, 2.24) is 14.9 Å². The van der Waals surface area contributed by atoms with E-state index in [4.69, 9.17) is 4.98 Å². The minimum absolute atomic E-state index is 0.0504. The molecule has 2 aromatic carbocycles. The molecule has 0 spiro atoms. The predicted octanol–water partition coefficient (Wildman–Crippen LogP) is 4.40. The third-order valence-electron chi connectivity index (χ3n) is 4.80. The van der Waals surface area contributed by atoms with Crippen molar-refractivity contribution in [2.75, 3.05) is 5.75 Å². The van der Waals surface area contributed by atoms with E-state index >= 15 is 0 Å². The fraction of sp³-hybridized carbons (Fsp3) is 0.348. The van der Waals surface area contributed by atoms with Crippen LogP contribution in [0, 0.1) is 13.8 Å². The summed E-state index contributed by atoms with van der Waals surface area (Å²) in [4.78, 5) is 30.4. The molecule has 1 heterocycles. The molecule has 0 aliphatic heterocycles. The average Bonchev–Trinajstić information content (AvgIpc) is 2.67. The van der Waals surface area contributed by atoms with Crippen LogP contribution in [0.4, 0.5) is 0 Å². The summed E-state index contributed by atoms with van der Waals surface area (Å²) >= 11 is 1.29. The largest absolute Gasteiger partial charge is 0.353 e. The predicted molar refractivity (Wildman–Crippen MR) is 120 cm³/mol. The number of aryl methyl sites for hydroxylation is 2. The van der Waals surface area contributed by atoms with Crippen molar-refractivity contribution in [3.8, 4) is 5.69 Å². The maximum absolute atomic E-state index is 13.3. The van der Waals surface area contributed by atoms with Crippen LogP contribution in [0.25, 0.3) is 16.6 Å². The third-order valence-corrected chi connectivity index (χ3v) is 5.74. The number of nitrogens with zero attached hydrogens (tertiary/aromatic N) is 2. The average molecular weight is 410 g/mol. The maximum atomic E-state index is 13.3. The third kappa shape index (κ3) is 4.88. The Hall–Kier alpha value is -2.60. The van der Waals surface area contributed by atoms with Crippen molar-refractivity contribution >= 4 is 28.6 Å². The summed E-state index contributed by atoms with van der Waals surface area (Å²) in [5, 5.41) is 4.10. The van der Waals surface area contributed by atoms with Gasteiger partial charge in [-0.25, -0.2) is 4.98 Å². The summed E-state index contributed by atoms with van der Waals surface area (Å²) in [6.45, 7) is 8.11. The number of hydrogen-bond donors (Lipinski definition) is 1. The van der Waals surface area contributed by atoms with E-state index < -0.39 is 0 Å². The molecule has 3 rings (SSSR count). The molecule has 0 saturated heterocycles. The lowest BCUT2D eigenvalue weighted by Gasteiger charge is -2.16. The van der Waals surface area contributed by atoms with E-state index in [1.165, 1.54) is 11.8 Å². The smallest absolute Gasteiger partial charge is 0.266 e. The minimum atomic E-state index is -0.121. The number of fused-ring (bicyclic) bond motifs is 1. The van der Waals surface area contributed by atoms with Crippen molar-refractivity contribution in [3.63, 3.8) is 0 Å². The topological polar surface area (TPSA) is 64.0 Å². The number of nitrogens with one attached hydrogen (secondary N) is 1. The molecule has 1 amide bonds. The molecule has 3 aromatic rings. The van der Waals surface area contributed by atoms with Gasteiger partial charge in [0, 0.05) is 6.04 Å². The second-order valence-electron chi connectivity index (χ2n) is 7.39. The Morgan fingerprint density at radius 2 is 1.97 bits per heavy atom. The van der Waals surface area contributed by atoms with E-state index in [0.29, 0.717) is 16.1 Å². The number of aromatic nitrogens is 2. The Kier molecular flexibility index (Phi) is 6.75. The monoisotopic (exact) mass is 409 g/mol. The highest BCUT2D eigenvalue weighted by Gasteiger charge is 2.16.